The van der Waals surface area contributed by atoms with E-state index in [0.29, 0.717) is 0 Å². The Morgan fingerprint density at radius 1 is 0.356 bits per heavy atom. The van der Waals surface area contributed by atoms with Gasteiger partial charge in [-0.3, -0.25) is 4.79 Å². The van der Waals surface area contributed by atoms with Crippen molar-refractivity contribution in [2.45, 2.75) is 239 Å². The summed E-state index contributed by atoms with van der Waals surface area (Å²) in [4.78, 5) is 23.3. The van der Waals surface area contributed by atoms with Crippen LogP contribution >= 0.6 is 0 Å². The molecule has 266 valence electrons. The van der Waals surface area contributed by atoms with Crippen LogP contribution in [-0.4, -0.2) is 22.2 Å². The van der Waals surface area contributed by atoms with Crippen molar-refractivity contribution in [3.63, 3.8) is 0 Å². The summed E-state index contributed by atoms with van der Waals surface area (Å²) in [7, 11) is 0. The van der Waals surface area contributed by atoms with E-state index in [0.717, 1.165) is 44.1 Å². The molecule has 0 bridgehead atoms. The van der Waals surface area contributed by atoms with Crippen molar-refractivity contribution in [2.24, 2.45) is 0 Å². The number of allylic oxidation sites excluding steroid dienone is 1. The lowest BCUT2D eigenvalue weighted by Gasteiger charge is -2.12. The summed E-state index contributed by atoms with van der Waals surface area (Å²) >= 11 is 0. The first-order valence-electron chi connectivity index (χ1n) is 20.2. The van der Waals surface area contributed by atoms with Gasteiger partial charge in [0.05, 0.1) is 6.42 Å². The molecular formula is C41H78O4. The highest BCUT2D eigenvalue weighted by Crippen LogP contribution is 2.24. The summed E-state index contributed by atoms with van der Waals surface area (Å²) in [6.07, 6.45) is 43.3. The van der Waals surface area contributed by atoms with Gasteiger partial charge in [0, 0.05) is 5.57 Å². The monoisotopic (exact) mass is 635 g/mol. The van der Waals surface area contributed by atoms with Gasteiger partial charge in [-0.25, -0.2) is 4.79 Å². The number of carboxylic acids is 2. The van der Waals surface area contributed by atoms with Crippen molar-refractivity contribution in [3.8, 4) is 0 Å². The zero-order valence-corrected chi connectivity index (χ0v) is 30.5. The third-order valence-corrected chi connectivity index (χ3v) is 9.68. The number of rotatable bonds is 37. The summed E-state index contributed by atoms with van der Waals surface area (Å²) in [5, 5.41) is 19.1. The van der Waals surface area contributed by atoms with Crippen LogP contribution in [0.25, 0.3) is 0 Å². The summed E-state index contributed by atoms with van der Waals surface area (Å²) in [5.74, 6) is -2.08. The highest BCUT2D eigenvalue weighted by atomic mass is 16.4. The molecule has 0 spiro atoms. The predicted octanol–water partition coefficient (Wildman–Crippen LogP) is 14.1. The Labute approximate surface area is 281 Å². The Balaban J connectivity index is 3.97. The summed E-state index contributed by atoms with van der Waals surface area (Å²) in [5.41, 5.74) is 1.03. The first kappa shape index (κ1) is 43.7. The van der Waals surface area contributed by atoms with Crippen LogP contribution in [0.5, 0.6) is 0 Å². The minimum absolute atomic E-state index is 0.143. The molecule has 0 aliphatic carbocycles. The lowest BCUT2D eigenvalue weighted by atomic mass is 9.93. The molecular weight excluding hydrogens is 556 g/mol. The Morgan fingerprint density at radius 2 is 0.578 bits per heavy atom. The topological polar surface area (TPSA) is 74.6 Å². The van der Waals surface area contributed by atoms with Crippen molar-refractivity contribution < 1.29 is 19.8 Å². The van der Waals surface area contributed by atoms with E-state index in [-0.39, 0.29) is 12.0 Å². The van der Waals surface area contributed by atoms with E-state index >= 15 is 0 Å². The van der Waals surface area contributed by atoms with Gasteiger partial charge in [0.25, 0.3) is 0 Å². The van der Waals surface area contributed by atoms with Crippen LogP contribution in [0.4, 0.5) is 0 Å². The molecule has 0 saturated heterocycles. The second kappa shape index (κ2) is 35.5. The summed E-state index contributed by atoms with van der Waals surface area (Å²) in [6, 6.07) is 0. The van der Waals surface area contributed by atoms with Gasteiger partial charge < -0.3 is 10.2 Å². The van der Waals surface area contributed by atoms with Gasteiger partial charge in [-0.15, -0.1) is 0 Å². The van der Waals surface area contributed by atoms with Crippen LogP contribution in [0.15, 0.2) is 11.1 Å². The van der Waals surface area contributed by atoms with E-state index in [2.05, 4.69) is 13.8 Å². The van der Waals surface area contributed by atoms with Crippen LogP contribution in [0, 0.1) is 0 Å². The maximum Gasteiger partial charge on any atom is 0.332 e. The van der Waals surface area contributed by atoms with Crippen LogP contribution < -0.4 is 0 Å². The van der Waals surface area contributed by atoms with Crippen LogP contribution in [-0.2, 0) is 9.59 Å². The molecule has 0 radical (unpaired) electrons. The molecule has 0 aromatic carbocycles. The zero-order chi connectivity index (χ0) is 33.1. The molecule has 0 fully saturated rings. The van der Waals surface area contributed by atoms with Gasteiger partial charge >= 0.3 is 11.9 Å². The van der Waals surface area contributed by atoms with Crippen LogP contribution in [0.1, 0.15) is 239 Å². The second-order valence-electron chi connectivity index (χ2n) is 14.1. The van der Waals surface area contributed by atoms with E-state index in [1.54, 1.807) is 0 Å². The first-order chi connectivity index (χ1) is 22.0. The number of aliphatic carboxylic acids is 2. The molecule has 45 heavy (non-hydrogen) atoms. The number of hydrogen-bond acceptors (Lipinski definition) is 2. The van der Waals surface area contributed by atoms with Crippen molar-refractivity contribution in [2.75, 3.05) is 0 Å². The molecule has 0 aliphatic rings. The Bertz CT molecular complexity index is 645. The molecule has 4 nitrogen and oxygen atoms in total. The van der Waals surface area contributed by atoms with Gasteiger partial charge in [0.15, 0.2) is 0 Å². The highest BCUT2D eigenvalue weighted by molar-refractivity contribution is 5.92. The fourth-order valence-electron chi connectivity index (χ4n) is 6.70. The van der Waals surface area contributed by atoms with Crippen LogP contribution in [0.3, 0.4) is 0 Å². The van der Waals surface area contributed by atoms with Gasteiger partial charge in [-0.05, 0) is 25.7 Å². The quantitative estimate of drug-likeness (QED) is 0.0526. The van der Waals surface area contributed by atoms with Gasteiger partial charge in [-0.2, -0.15) is 0 Å². The minimum Gasteiger partial charge on any atom is -0.481 e. The standard InChI is InChI=1S/C41H78O4/c1-3-5-7-9-11-13-15-17-19-21-23-25-27-29-31-33-35-38(39(41(44)45)37-40(42)43)36-34-32-30-28-26-24-22-20-18-16-14-12-10-8-6-4-2/h3-37H2,1-2H3,(H,42,43)(H,44,45). The van der Waals surface area contributed by atoms with E-state index in [9.17, 15) is 19.8 Å². The second-order valence-corrected chi connectivity index (χ2v) is 14.1. The largest absolute Gasteiger partial charge is 0.481 e. The molecule has 0 aliphatic heterocycles. The predicted molar refractivity (Wildman–Crippen MR) is 195 cm³/mol. The summed E-state index contributed by atoms with van der Waals surface area (Å²) < 4.78 is 0. The average molecular weight is 635 g/mol. The van der Waals surface area contributed by atoms with E-state index < -0.39 is 11.9 Å². The lowest BCUT2D eigenvalue weighted by molar-refractivity contribution is -0.139. The maximum atomic E-state index is 11.9. The maximum absolute atomic E-state index is 11.9. The Hall–Kier alpha value is -1.32. The first-order valence-corrected chi connectivity index (χ1v) is 20.2. The van der Waals surface area contributed by atoms with Gasteiger partial charge in [0.1, 0.15) is 0 Å². The fourth-order valence-corrected chi connectivity index (χ4v) is 6.70. The highest BCUT2D eigenvalue weighted by Gasteiger charge is 2.17. The Morgan fingerprint density at radius 3 is 0.778 bits per heavy atom. The average Bonchev–Trinajstić information content (AvgIpc) is 3.02. The molecule has 0 rings (SSSR count). The van der Waals surface area contributed by atoms with Crippen molar-refractivity contribution in [3.05, 3.63) is 11.1 Å². The molecule has 0 atom stereocenters. The number of unbranched alkanes of at least 4 members (excludes halogenated alkanes) is 30. The lowest BCUT2D eigenvalue weighted by Crippen LogP contribution is -2.10. The fraction of sp³-hybridized carbons (Fsp3) is 0.902. The molecule has 0 heterocycles. The molecule has 0 aromatic heterocycles. The smallest absolute Gasteiger partial charge is 0.332 e. The number of hydrogen-bond donors (Lipinski definition) is 2. The van der Waals surface area contributed by atoms with E-state index in [1.165, 1.54) is 180 Å². The number of carboxylic acid groups (broad SMARTS) is 2. The molecule has 0 saturated carbocycles. The van der Waals surface area contributed by atoms with Gasteiger partial charge in [-0.1, -0.05) is 212 Å². The van der Waals surface area contributed by atoms with Crippen LogP contribution in [0.2, 0.25) is 0 Å². The van der Waals surface area contributed by atoms with Crippen molar-refractivity contribution in [1.82, 2.24) is 0 Å². The Kier molecular flexibility index (Phi) is 34.5. The number of carbonyl (C=O) groups is 2. The van der Waals surface area contributed by atoms with Crippen molar-refractivity contribution >= 4 is 11.9 Å². The third-order valence-electron chi connectivity index (χ3n) is 9.68. The van der Waals surface area contributed by atoms with E-state index in [1.807, 2.05) is 0 Å². The molecule has 4 heteroatoms. The molecule has 0 unspecified atom stereocenters. The third kappa shape index (κ3) is 32.4. The minimum atomic E-state index is -1.04. The molecule has 2 N–H and O–H groups in total. The zero-order valence-electron chi connectivity index (χ0n) is 30.5. The SMILES string of the molecule is CCCCCCCCCCCCCCCCCCC(CCCCCCCCCCCCCCCCCC)=C(CC(=O)O)C(=O)O. The summed E-state index contributed by atoms with van der Waals surface area (Å²) in [6.45, 7) is 4.55. The van der Waals surface area contributed by atoms with E-state index in [4.69, 9.17) is 0 Å². The van der Waals surface area contributed by atoms with Gasteiger partial charge in [0.2, 0.25) is 0 Å². The van der Waals surface area contributed by atoms with Crippen molar-refractivity contribution in [1.29, 1.82) is 0 Å². The normalized spacial score (nSPS) is 11.2. The molecule has 0 amide bonds. The molecule has 0 aromatic rings.